The maximum atomic E-state index is 12.5. The molecule has 0 aromatic heterocycles. The molecule has 1 aliphatic heterocycles. The van der Waals surface area contributed by atoms with Gasteiger partial charge in [0.05, 0.1) is 26.4 Å². The highest BCUT2D eigenvalue weighted by Gasteiger charge is 2.27. The van der Waals surface area contributed by atoms with Crippen LogP contribution >= 0.6 is 0 Å². The summed E-state index contributed by atoms with van der Waals surface area (Å²) in [5, 5.41) is 0. The number of ether oxygens (including phenoxy) is 3. The summed E-state index contributed by atoms with van der Waals surface area (Å²) in [5.74, 6) is -0.556. The molecule has 1 aliphatic rings. The molecule has 0 amide bonds. The maximum Gasteiger partial charge on any atom is 0.355 e. The lowest BCUT2D eigenvalue weighted by Crippen LogP contribution is -2.26. The van der Waals surface area contributed by atoms with E-state index in [4.69, 9.17) is 14.2 Å². The molecule has 1 aromatic carbocycles. The van der Waals surface area contributed by atoms with Gasteiger partial charge in [-0.2, -0.15) is 0 Å². The van der Waals surface area contributed by atoms with Crippen LogP contribution in [-0.2, 0) is 19.1 Å². The first-order valence-electron chi connectivity index (χ1n) is 9.40. The maximum absolute atomic E-state index is 12.5. The van der Waals surface area contributed by atoms with E-state index in [9.17, 15) is 9.59 Å². The van der Waals surface area contributed by atoms with E-state index < -0.39 is 11.9 Å². The third kappa shape index (κ3) is 5.49. The Hall–Kier alpha value is -3.02. The van der Waals surface area contributed by atoms with Crippen LogP contribution in [0.15, 0.2) is 60.0 Å². The van der Waals surface area contributed by atoms with Gasteiger partial charge in [-0.05, 0) is 30.7 Å². The largest absolute Gasteiger partial charge is 0.494 e. The number of carbonyl (C=O) groups is 2. The number of allylic oxidation sites excluding steroid dienone is 2. The Bertz CT molecular complexity index is 779. The summed E-state index contributed by atoms with van der Waals surface area (Å²) in [4.78, 5) is 26.3. The lowest BCUT2D eigenvalue weighted by atomic mass is 10.1. The van der Waals surface area contributed by atoms with Gasteiger partial charge in [0, 0.05) is 18.0 Å². The summed E-state index contributed by atoms with van der Waals surface area (Å²) in [6, 6.07) is 7.37. The highest BCUT2D eigenvalue weighted by molar-refractivity contribution is 6.05. The fourth-order valence-corrected chi connectivity index (χ4v) is 2.81. The van der Waals surface area contributed by atoms with Crippen molar-refractivity contribution in [1.82, 2.24) is 0 Å². The number of nitrogens with zero attached hydrogens (tertiary/aromatic N) is 1. The Morgan fingerprint density at radius 3 is 2.50 bits per heavy atom. The Morgan fingerprint density at radius 2 is 1.79 bits per heavy atom. The summed E-state index contributed by atoms with van der Waals surface area (Å²) in [6.45, 7) is 2.80. The molecule has 6 heteroatoms. The summed E-state index contributed by atoms with van der Waals surface area (Å²) in [6.07, 6.45) is 11.1. The molecule has 0 N–H and O–H groups in total. The van der Waals surface area contributed by atoms with Gasteiger partial charge in [0.2, 0.25) is 0 Å². The summed E-state index contributed by atoms with van der Waals surface area (Å²) >= 11 is 0. The first-order valence-corrected chi connectivity index (χ1v) is 9.40. The Morgan fingerprint density at radius 1 is 1.00 bits per heavy atom. The molecular weight excluding hydrogens is 358 g/mol. The van der Waals surface area contributed by atoms with E-state index in [-0.39, 0.29) is 11.3 Å². The lowest BCUT2D eigenvalue weighted by Gasteiger charge is -2.23. The van der Waals surface area contributed by atoms with Crippen molar-refractivity contribution < 1.29 is 23.8 Å². The molecule has 0 radical (unpaired) electrons. The van der Waals surface area contributed by atoms with Gasteiger partial charge in [0.1, 0.15) is 11.4 Å². The van der Waals surface area contributed by atoms with Gasteiger partial charge in [0.15, 0.2) is 0 Å². The average Bonchev–Trinajstić information content (AvgIpc) is 2.95. The van der Waals surface area contributed by atoms with Crippen LogP contribution in [0.2, 0.25) is 0 Å². The number of anilines is 1. The second-order valence-corrected chi connectivity index (χ2v) is 6.22. The normalized spacial score (nSPS) is 13.3. The number of unbranched alkanes of at least 4 members (excludes halogenated alkanes) is 3. The SMILES string of the molecule is CCCCCCOc1cccc(N2C=CC=CC(C(=O)OC)=C2C(=O)OC)c1. The van der Waals surface area contributed by atoms with Crippen LogP contribution in [0.4, 0.5) is 5.69 Å². The number of carbonyl (C=O) groups excluding carboxylic acids is 2. The van der Waals surface area contributed by atoms with Gasteiger partial charge in [-0.15, -0.1) is 0 Å². The van der Waals surface area contributed by atoms with Crippen molar-refractivity contribution in [2.24, 2.45) is 0 Å². The predicted molar refractivity (Wildman–Crippen MR) is 108 cm³/mol. The Kier molecular flexibility index (Phi) is 8.34. The molecule has 2 rings (SSSR count). The van der Waals surface area contributed by atoms with Crippen molar-refractivity contribution >= 4 is 17.6 Å². The van der Waals surface area contributed by atoms with Crippen molar-refractivity contribution in [3.05, 3.63) is 60.0 Å². The van der Waals surface area contributed by atoms with Crippen molar-refractivity contribution in [2.45, 2.75) is 32.6 Å². The van der Waals surface area contributed by atoms with E-state index in [1.807, 2.05) is 24.3 Å². The second-order valence-electron chi connectivity index (χ2n) is 6.22. The quantitative estimate of drug-likeness (QED) is 0.470. The standard InChI is InChI=1S/C22H27NO5/c1-4-5-6-9-15-28-18-12-10-11-17(16-18)23-14-8-7-13-19(21(24)26-2)20(23)22(25)27-3/h7-8,10-14,16H,4-6,9,15H2,1-3H3. The van der Waals surface area contributed by atoms with Crippen LogP contribution in [-0.4, -0.2) is 32.8 Å². The molecule has 6 nitrogen and oxygen atoms in total. The van der Waals surface area contributed by atoms with E-state index in [2.05, 4.69) is 6.92 Å². The van der Waals surface area contributed by atoms with Crippen LogP contribution in [0.25, 0.3) is 0 Å². The molecule has 0 fully saturated rings. The van der Waals surface area contributed by atoms with Crippen molar-refractivity contribution in [3.63, 3.8) is 0 Å². The Balaban J connectivity index is 2.32. The van der Waals surface area contributed by atoms with Crippen molar-refractivity contribution in [2.75, 3.05) is 25.7 Å². The number of hydrogen-bond donors (Lipinski definition) is 0. The van der Waals surface area contributed by atoms with Gasteiger partial charge in [-0.3, -0.25) is 0 Å². The minimum Gasteiger partial charge on any atom is -0.494 e. The number of rotatable bonds is 9. The first-order chi connectivity index (χ1) is 13.6. The fourth-order valence-electron chi connectivity index (χ4n) is 2.81. The summed E-state index contributed by atoms with van der Waals surface area (Å²) < 4.78 is 15.6. The number of benzene rings is 1. The zero-order valence-electron chi connectivity index (χ0n) is 16.6. The molecule has 0 saturated heterocycles. The molecule has 1 aromatic rings. The predicted octanol–water partition coefficient (Wildman–Crippen LogP) is 4.14. The first kappa shape index (κ1) is 21.3. The average molecular weight is 385 g/mol. The van der Waals surface area contributed by atoms with Crippen molar-refractivity contribution in [1.29, 1.82) is 0 Å². The summed E-state index contributed by atoms with van der Waals surface area (Å²) in [7, 11) is 2.55. The molecule has 0 saturated carbocycles. The molecule has 0 atom stereocenters. The molecule has 1 heterocycles. The molecule has 0 bridgehead atoms. The van der Waals surface area contributed by atoms with Crippen LogP contribution in [0.5, 0.6) is 5.75 Å². The number of methoxy groups -OCH3 is 2. The fraction of sp³-hybridized carbons (Fsp3) is 0.364. The second kappa shape index (κ2) is 11.0. The van der Waals surface area contributed by atoms with Crippen molar-refractivity contribution in [3.8, 4) is 5.75 Å². The van der Waals surface area contributed by atoms with Gasteiger partial charge in [-0.25, -0.2) is 9.59 Å². The van der Waals surface area contributed by atoms with E-state index in [0.29, 0.717) is 18.0 Å². The van der Waals surface area contributed by atoms with Gasteiger partial charge >= 0.3 is 11.9 Å². The summed E-state index contributed by atoms with van der Waals surface area (Å²) in [5.41, 5.74) is 0.873. The van der Waals surface area contributed by atoms with Gasteiger partial charge < -0.3 is 19.1 Å². The minimum atomic E-state index is -0.637. The van der Waals surface area contributed by atoms with E-state index in [1.165, 1.54) is 33.1 Å². The van der Waals surface area contributed by atoms with Crippen LogP contribution in [0.3, 0.4) is 0 Å². The highest BCUT2D eigenvalue weighted by Crippen LogP contribution is 2.29. The zero-order valence-corrected chi connectivity index (χ0v) is 16.6. The third-order valence-corrected chi connectivity index (χ3v) is 4.25. The van der Waals surface area contributed by atoms with E-state index in [1.54, 1.807) is 23.3 Å². The van der Waals surface area contributed by atoms with Crippen LogP contribution in [0.1, 0.15) is 32.6 Å². The smallest absolute Gasteiger partial charge is 0.355 e. The molecule has 150 valence electrons. The number of esters is 2. The molecule has 28 heavy (non-hydrogen) atoms. The minimum absolute atomic E-state index is 0.0828. The van der Waals surface area contributed by atoms with Crippen LogP contribution in [0, 0.1) is 0 Å². The van der Waals surface area contributed by atoms with E-state index in [0.717, 1.165) is 12.8 Å². The molecule has 0 aliphatic carbocycles. The zero-order chi connectivity index (χ0) is 20.4. The Labute approximate surface area is 166 Å². The molecule has 0 unspecified atom stereocenters. The topological polar surface area (TPSA) is 65.1 Å². The molecule has 0 spiro atoms. The van der Waals surface area contributed by atoms with Gasteiger partial charge in [0.25, 0.3) is 0 Å². The highest BCUT2D eigenvalue weighted by atomic mass is 16.5. The number of hydrogen-bond acceptors (Lipinski definition) is 6. The van der Waals surface area contributed by atoms with Gasteiger partial charge in [-0.1, -0.05) is 38.3 Å². The molecular formula is C22H27NO5. The van der Waals surface area contributed by atoms with E-state index >= 15 is 0 Å². The third-order valence-electron chi connectivity index (χ3n) is 4.25. The lowest BCUT2D eigenvalue weighted by molar-refractivity contribution is -0.139. The van der Waals surface area contributed by atoms with Crippen LogP contribution < -0.4 is 9.64 Å². The monoisotopic (exact) mass is 385 g/mol.